The minimum Gasteiger partial charge on any atom is -0.493 e. The molecule has 8 saturated carbocycles. The van der Waals surface area contributed by atoms with Gasteiger partial charge in [0.25, 0.3) is 0 Å². The molecule has 17 heterocycles. The number of rotatable bonds is 0. The normalized spacial score (nSPS) is 27.9. The molecule has 11 saturated heterocycles. The summed E-state index contributed by atoms with van der Waals surface area (Å²) in [6, 6.07) is 54.9. The van der Waals surface area contributed by atoms with Crippen LogP contribution in [-0.4, -0.2) is 160 Å². The lowest BCUT2D eigenvalue weighted by Crippen LogP contribution is -2.69. The molecule has 6 aromatic rings. The van der Waals surface area contributed by atoms with Gasteiger partial charge in [0.2, 0.25) is 0 Å². The van der Waals surface area contributed by atoms with E-state index in [1.807, 2.05) is 30.3 Å². The molecule has 0 aromatic heterocycles. The van der Waals surface area contributed by atoms with Gasteiger partial charge in [-0.25, -0.2) is 0 Å². The second kappa shape index (κ2) is 60.3. The third-order valence-electron chi connectivity index (χ3n) is 31.0. The Bertz CT molecular complexity index is 3280. The van der Waals surface area contributed by atoms with E-state index in [0.29, 0.717) is 6.04 Å². The lowest BCUT2D eigenvalue weighted by molar-refractivity contribution is -0.0168. The van der Waals surface area contributed by atoms with Crippen LogP contribution in [0.2, 0.25) is 0 Å². The Morgan fingerprint density at radius 1 is 0.315 bits per heavy atom. The molecule has 0 radical (unpaired) electrons. The largest absolute Gasteiger partial charge is 0.493 e. The highest BCUT2D eigenvalue weighted by molar-refractivity contribution is 7.97. The fourth-order valence-electron chi connectivity index (χ4n) is 22.6. The van der Waals surface area contributed by atoms with Gasteiger partial charge in [0.15, 0.2) is 0 Å². The van der Waals surface area contributed by atoms with Gasteiger partial charge in [-0.15, -0.1) is 0 Å². The molecule has 17 heteroatoms. The van der Waals surface area contributed by atoms with E-state index in [2.05, 4.69) is 178 Å². The lowest BCUT2D eigenvalue weighted by Gasteiger charge is -2.50. The van der Waals surface area contributed by atoms with Crippen LogP contribution in [-0.2, 0) is 72.9 Å². The number of hydrogen-bond acceptors (Lipinski definition) is 17. The van der Waals surface area contributed by atoms with Crippen LogP contribution in [0.4, 0.5) is 5.69 Å². The van der Waals surface area contributed by atoms with Crippen molar-refractivity contribution in [2.45, 2.75) is 333 Å². The smallest absolute Gasteiger partial charge is 0.122 e. The van der Waals surface area contributed by atoms with Gasteiger partial charge < -0.3 is 72.1 Å². The average Bonchev–Trinajstić information content (AvgIpc) is 1.12. The average molecular weight is 1800 g/mol. The fourth-order valence-corrected chi connectivity index (χ4v) is 23.4. The number of piperazine rings is 1. The molecule has 31 rings (SSSR count). The minimum atomic E-state index is 0. The molecule has 0 amide bonds. The van der Waals surface area contributed by atoms with Crippen LogP contribution in [0.5, 0.6) is 5.75 Å². The summed E-state index contributed by atoms with van der Waals surface area (Å²) in [5.74, 6) is 7.82. The first-order chi connectivity index (χ1) is 63.4. The number of para-hydroxylation sites is 2. The zero-order valence-corrected chi connectivity index (χ0v) is 80.1. The van der Waals surface area contributed by atoms with Crippen LogP contribution in [0.15, 0.2) is 150 Å². The molecule has 6 aromatic carbocycles. The summed E-state index contributed by atoms with van der Waals surface area (Å²) < 4.78 is 24.1. The molecule has 5 atom stereocenters. The van der Waals surface area contributed by atoms with E-state index in [1.54, 1.807) is 82.6 Å². The van der Waals surface area contributed by atoms with Crippen LogP contribution >= 0.6 is 11.9 Å². The molecule has 25 aliphatic rings. The molecule has 16 nitrogen and oxygen atoms in total. The summed E-state index contributed by atoms with van der Waals surface area (Å²) in [6.45, 7) is 27.4. The maximum Gasteiger partial charge on any atom is 0.122 e. The number of benzene rings is 6. The van der Waals surface area contributed by atoms with E-state index in [1.165, 1.54) is 298 Å². The van der Waals surface area contributed by atoms with E-state index < -0.39 is 0 Å². The van der Waals surface area contributed by atoms with Gasteiger partial charge >= 0.3 is 0 Å². The van der Waals surface area contributed by atoms with Crippen molar-refractivity contribution < 1.29 is 18.9 Å². The molecule has 10 bridgehead atoms. The highest BCUT2D eigenvalue weighted by Crippen LogP contribution is 2.44. The van der Waals surface area contributed by atoms with Gasteiger partial charge in [-0.1, -0.05) is 258 Å². The molecule has 8 aliphatic carbocycles. The highest BCUT2D eigenvalue weighted by Gasteiger charge is 2.42. The second-order valence-electron chi connectivity index (χ2n) is 40.7. The monoisotopic (exact) mass is 1800 g/mol. The first-order valence-corrected chi connectivity index (χ1v) is 53.4. The number of ether oxygens (including phenoxy) is 4. The summed E-state index contributed by atoms with van der Waals surface area (Å²) in [5, 5.41) is 33.7. The first kappa shape index (κ1) is 104. The third kappa shape index (κ3) is 36.6. The first-order valence-electron chi connectivity index (χ1n) is 52.6. The quantitative estimate of drug-likeness (QED) is 0.0648. The summed E-state index contributed by atoms with van der Waals surface area (Å²) in [7, 11) is 0. The highest BCUT2D eigenvalue weighted by atomic mass is 32.2. The molecular formula is C113H180N12O4S. The molecule has 1 spiro atoms. The maximum absolute atomic E-state index is 5.36. The standard InChI is InChI=1S/C9H11N.2C8H9N.2C8H8O.C8H14.C7H14N2O.C7H7NS.2C7H13N.C7H12.C6H11N.C6H12.C5H10N2.C5H11N.C5H10O.2CH4/c1-2-4-9-7-10-6-5-8(9)3-1;1-2-4-8-6-9-5-7(8)3-1;1-2-4-8-7(3-1)5-6-9-8;1-2-4-8-6-9-5-7(8)3-1;1-2-4-8-7(3-1)5-6-9-8;1-2-8-5-3-7(1)4-6-8;1-2-9-3-4-10-6-7(9)5-8-1;1-2-4-7-6(3-1)5-8-9-7;1-3-7-4-2-6(1)5-8-7;1-2-6-4-5-7(3-1)8-6;1-2-7-4-3-6(1)5-7;1-2-6-3-5(1)4-7-6;1-2-4-6-5-3-1;1-5(2-6-1)3-7-4-5;2*1-2-4-6-5-3-1;;/h1-4,10H,5-7H2;2*1-4,9H,5-6H2;2*1-4H,5-6H2;7-8H,1-6H2;7-8H,1-6H2;1-4,8H,5H2;2*6-8H,1-5H2;6-7H,1-5H2;5-7H,1-4H2;1-6H2;6-7H,1-4H2;6H,1-5H2;1-5H2;2*1H4. The number of nitrogens with one attached hydrogen (secondary N) is 11. The van der Waals surface area contributed by atoms with E-state index in [0.717, 1.165) is 171 Å². The van der Waals surface area contributed by atoms with Crippen molar-refractivity contribution in [3.63, 3.8) is 0 Å². The van der Waals surface area contributed by atoms with Gasteiger partial charge in [0.05, 0.1) is 33.0 Å². The Kier molecular flexibility index (Phi) is 48.1. The Hall–Kier alpha value is -5.29. The SMILES string of the molecule is C.C.C1CC2CC1CN2.C1CC2CCC(C1)N2.C1CC2CCC1C2.C1CC2CCC1CC2.C1CC2CCC1CN2.C1CCCCC1.C1CCNCC1.C1CCOCC1.C1CN2CCOCC2CN1.C1NCC12CNC2.c1ccc2c(c1)CCN2.c1ccc2c(c1)CCNC2.c1ccc2c(c1)CCO2.c1ccc2c(c1)CNC2.c1ccc2c(c1)CNS2.c1ccc2c(c1)COC2. The van der Waals surface area contributed by atoms with Crippen LogP contribution in [0.1, 0.15) is 290 Å². The van der Waals surface area contributed by atoms with Crippen molar-refractivity contribution in [2.75, 3.05) is 130 Å². The van der Waals surface area contributed by atoms with Gasteiger partial charge in [-0.05, 0) is 270 Å². The van der Waals surface area contributed by atoms with Crippen LogP contribution in [0.3, 0.4) is 0 Å². The van der Waals surface area contributed by atoms with Crippen molar-refractivity contribution in [3.05, 3.63) is 196 Å². The zero-order chi connectivity index (χ0) is 87.2. The summed E-state index contributed by atoms with van der Waals surface area (Å²) in [4.78, 5) is 3.89. The van der Waals surface area contributed by atoms with Crippen molar-refractivity contribution in [1.82, 2.24) is 57.5 Å². The van der Waals surface area contributed by atoms with Gasteiger partial charge in [-0.2, -0.15) is 0 Å². The Balaban J connectivity index is 0.000000126. The van der Waals surface area contributed by atoms with Crippen molar-refractivity contribution in [2.24, 2.45) is 40.9 Å². The van der Waals surface area contributed by atoms with Gasteiger partial charge in [0, 0.05) is 151 Å². The third-order valence-corrected chi connectivity index (χ3v) is 31.9. The minimum absolute atomic E-state index is 0. The Labute approximate surface area is 794 Å². The molecule has 5 unspecified atom stereocenters. The van der Waals surface area contributed by atoms with Crippen molar-refractivity contribution >= 4 is 17.6 Å². The van der Waals surface area contributed by atoms with Crippen LogP contribution in [0.25, 0.3) is 0 Å². The van der Waals surface area contributed by atoms with E-state index in [9.17, 15) is 0 Å². The number of nitrogens with zero attached hydrogens (tertiary/aromatic N) is 1. The Morgan fingerprint density at radius 2 is 0.815 bits per heavy atom. The lowest BCUT2D eigenvalue weighted by atomic mass is 9.71. The second-order valence-corrected chi connectivity index (χ2v) is 41.7. The molecule has 130 heavy (non-hydrogen) atoms. The molecule has 17 aliphatic heterocycles. The molecule has 19 fully saturated rings. The topological polar surface area (TPSA) is 172 Å². The summed E-state index contributed by atoms with van der Waals surface area (Å²) in [5.41, 5.74) is 14.8. The number of morpholine rings is 1. The predicted octanol–water partition coefficient (Wildman–Crippen LogP) is 21.4. The summed E-state index contributed by atoms with van der Waals surface area (Å²) >= 11 is 1.72. The van der Waals surface area contributed by atoms with Crippen molar-refractivity contribution in [3.8, 4) is 5.75 Å². The van der Waals surface area contributed by atoms with E-state index >= 15 is 0 Å². The molecule has 11 N–H and O–H groups in total. The number of fused-ring (bicyclic) bond motifs is 19. The maximum atomic E-state index is 5.36. The van der Waals surface area contributed by atoms with Gasteiger partial charge in [-0.3, -0.25) is 9.62 Å². The van der Waals surface area contributed by atoms with E-state index in [-0.39, 0.29) is 14.9 Å². The molecule has 722 valence electrons. The van der Waals surface area contributed by atoms with Crippen LogP contribution < -0.4 is 62.6 Å². The fraction of sp³-hybridized carbons (Fsp3) is 0.681. The van der Waals surface area contributed by atoms with Gasteiger partial charge in [0.1, 0.15) is 5.75 Å². The van der Waals surface area contributed by atoms with Crippen LogP contribution in [0, 0.1) is 40.9 Å². The molecular weight excluding hydrogens is 1620 g/mol. The zero-order valence-electron chi connectivity index (χ0n) is 79.2. The van der Waals surface area contributed by atoms with E-state index in [4.69, 9.17) is 18.9 Å². The predicted molar refractivity (Wildman–Crippen MR) is 548 cm³/mol. The number of anilines is 1. The number of hydrogen-bond donors (Lipinski definition) is 11. The number of piperidine rings is 5. The van der Waals surface area contributed by atoms with Crippen molar-refractivity contribution in [1.29, 1.82) is 0 Å². The summed E-state index contributed by atoms with van der Waals surface area (Å²) in [6.07, 6.45) is 55.4. The Morgan fingerprint density at radius 3 is 1.25 bits per heavy atom.